The van der Waals surface area contributed by atoms with Gasteiger partial charge in [0.1, 0.15) is 10.8 Å². The third-order valence-corrected chi connectivity index (χ3v) is 8.31. The highest BCUT2D eigenvalue weighted by atomic mass is 32.2. The van der Waals surface area contributed by atoms with Crippen molar-refractivity contribution >= 4 is 18.0 Å². The van der Waals surface area contributed by atoms with E-state index in [4.69, 9.17) is 0 Å². The molecule has 3 nitrogen and oxygen atoms in total. The van der Waals surface area contributed by atoms with Gasteiger partial charge in [-0.25, -0.2) is 4.39 Å². The Kier molecular flexibility index (Phi) is 5.23. The number of hydrogen-bond acceptors (Lipinski definition) is 4. The molecule has 1 aromatic carbocycles. The number of nitrogens with one attached hydrogen (secondary N) is 1. The summed E-state index contributed by atoms with van der Waals surface area (Å²) in [5.41, 5.74) is 2.61. The number of aromatic nitrogens is 1. The molecule has 5 rings (SSSR count). The Morgan fingerprint density at radius 3 is 2.90 bits per heavy atom. The van der Waals surface area contributed by atoms with Crippen LogP contribution in [0.15, 0.2) is 48.7 Å². The average Bonchev–Trinajstić information content (AvgIpc) is 3.12. The summed E-state index contributed by atoms with van der Waals surface area (Å²) < 4.78 is 16.8. The number of hydrogen-bond donors (Lipinski definition) is 2. The Hall–Kier alpha value is -1.69. The van der Waals surface area contributed by atoms with Gasteiger partial charge < -0.3 is 5.11 Å². The third kappa shape index (κ3) is 3.65. The molecule has 1 aliphatic heterocycles. The lowest BCUT2D eigenvalue weighted by Gasteiger charge is -2.50. The molecule has 2 saturated carbocycles. The van der Waals surface area contributed by atoms with Crippen LogP contribution in [0.5, 0.6) is 0 Å². The van der Waals surface area contributed by atoms with E-state index in [-0.39, 0.29) is 11.7 Å². The maximum atomic E-state index is 13.5. The summed E-state index contributed by atoms with van der Waals surface area (Å²) in [6, 6.07) is 10.5. The van der Waals surface area contributed by atoms with Gasteiger partial charge in [0.15, 0.2) is 0 Å². The van der Waals surface area contributed by atoms with Crippen molar-refractivity contribution in [2.75, 3.05) is 6.54 Å². The van der Waals surface area contributed by atoms with Gasteiger partial charge in [0.2, 0.25) is 0 Å². The zero-order valence-corrected chi connectivity index (χ0v) is 17.2. The zero-order valence-electron chi connectivity index (χ0n) is 16.4. The molecular weight excluding hydrogens is 383 g/mol. The van der Waals surface area contributed by atoms with E-state index in [0.717, 1.165) is 35.7 Å². The summed E-state index contributed by atoms with van der Waals surface area (Å²) in [5.74, 6) is 1.52. The van der Waals surface area contributed by atoms with Crippen LogP contribution in [-0.4, -0.2) is 21.6 Å². The normalized spacial score (nSPS) is 34.1. The van der Waals surface area contributed by atoms with E-state index in [1.807, 2.05) is 18.2 Å². The number of fused-ring (bicyclic) bond motifs is 2. The van der Waals surface area contributed by atoms with E-state index in [1.165, 1.54) is 49.8 Å². The predicted octanol–water partition coefficient (Wildman–Crippen LogP) is 5.28. The first-order valence-corrected chi connectivity index (χ1v) is 11.5. The SMILES string of the molecule is OC12SNCC1CC1CCCCC1C2/C=C/c1ccc(-c2cccc(F)c2)cn1. The summed E-state index contributed by atoms with van der Waals surface area (Å²) in [6.07, 6.45) is 12.3. The molecule has 5 unspecified atom stereocenters. The second-order valence-electron chi connectivity index (χ2n) is 8.71. The Balaban J connectivity index is 1.39. The largest absolute Gasteiger partial charge is 0.377 e. The van der Waals surface area contributed by atoms with Gasteiger partial charge in [0.25, 0.3) is 0 Å². The molecule has 1 aromatic heterocycles. The van der Waals surface area contributed by atoms with Crippen molar-refractivity contribution in [2.45, 2.75) is 37.0 Å². The molecule has 2 heterocycles. The smallest absolute Gasteiger partial charge is 0.134 e. The molecule has 0 bridgehead atoms. The lowest BCUT2D eigenvalue weighted by atomic mass is 9.60. The van der Waals surface area contributed by atoms with Crippen LogP contribution in [0.1, 0.15) is 37.8 Å². The van der Waals surface area contributed by atoms with Crippen molar-refractivity contribution in [3.63, 3.8) is 0 Å². The van der Waals surface area contributed by atoms with Gasteiger partial charge >= 0.3 is 0 Å². The Labute approximate surface area is 176 Å². The van der Waals surface area contributed by atoms with Crippen LogP contribution in [-0.2, 0) is 0 Å². The summed E-state index contributed by atoms with van der Waals surface area (Å²) >= 11 is 1.53. The van der Waals surface area contributed by atoms with Gasteiger partial charge in [-0.1, -0.05) is 43.5 Å². The van der Waals surface area contributed by atoms with E-state index in [1.54, 1.807) is 12.3 Å². The molecule has 1 saturated heterocycles. The van der Waals surface area contributed by atoms with Gasteiger partial charge in [-0.2, -0.15) is 0 Å². The molecule has 0 spiro atoms. The highest BCUT2D eigenvalue weighted by molar-refractivity contribution is 7.98. The Morgan fingerprint density at radius 2 is 2.07 bits per heavy atom. The fraction of sp³-hybridized carbons (Fsp3) is 0.458. The van der Waals surface area contributed by atoms with Crippen LogP contribution < -0.4 is 4.72 Å². The van der Waals surface area contributed by atoms with Gasteiger partial charge in [-0.3, -0.25) is 9.71 Å². The van der Waals surface area contributed by atoms with E-state index in [0.29, 0.717) is 11.8 Å². The van der Waals surface area contributed by atoms with E-state index >= 15 is 0 Å². The van der Waals surface area contributed by atoms with Crippen LogP contribution in [0.25, 0.3) is 17.2 Å². The van der Waals surface area contributed by atoms with Crippen molar-refractivity contribution in [2.24, 2.45) is 23.7 Å². The number of pyridine rings is 1. The fourth-order valence-corrected chi connectivity index (χ4v) is 6.83. The summed E-state index contributed by atoms with van der Waals surface area (Å²) in [5, 5.41) is 11.5. The molecule has 5 heteroatoms. The molecular formula is C24H27FN2OS. The van der Waals surface area contributed by atoms with Crippen molar-refractivity contribution < 1.29 is 9.50 Å². The van der Waals surface area contributed by atoms with Crippen molar-refractivity contribution in [1.82, 2.24) is 9.71 Å². The minimum absolute atomic E-state index is 0.149. The van der Waals surface area contributed by atoms with Crippen LogP contribution >= 0.6 is 11.9 Å². The molecule has 152 valence electrons. The summed E-state index contributed by atoms with van der Waals surface area (Å²) in [4.78, 5) is 3.86. The van der Waals surface area contributed by atoms with Crippen LogP contribution in [0, 0.1) is 29.5 Å². The number of nitrogens with zero attached hydrogens (tertiary/aromatic N) is 1. The minimum Gasteiger partial charge on any atom is -0.377 e. The molecule has 2 N–H and O–H groups in total. The maximum absolute atomic E-state index is 13.5. The topological polar surface area (TPSA) is 45.1 Å². The van der Waals surface area contributed by atoms with Gasteiger partial charge in [-0.15, -0.1) is 0 Å². The molecule has 29 heavy (non-hydrogen) atoms. The Morgan fingerprint density at radius 1 is 1.17 bits per heavy atom. The summed E-state index contributed by atoms with van der Waals surface area (Å²) in [6.45, 7) is 0.898. The van der Waals surface area contributed by atoms with E-state index in [2.05, 4.69) is 21.9 Å². The van der Waals surface area contributed by atoms with E-state index in [9.17, 15) is 9.50 Å². The standard InChI is InChI=1S/C24H27FN2OS/c25-20-6-3-5-16(13-20)18-8-9-21(26-14-18)10-11-23-22-7-2-1-4-17(22)12-19-15-27-29-24(19,23)28/h3,5-6,8-11,13-14,17,19,22-23,27-28H,1-2,4,7,12,15H2/b11-10+. The quantitative estimate of drug-likeness (QED) is 0.676. The second-order valence-corrected chi connectivity index (χ2v) is 9.86. The van der Waals surface area contributed by atoms with Crippen molar-refractivity contribution in [3.8, 4) is 11.1 Å². The second kappa shape index (κ2) is 7.86. The van der Waals surface area contributed by atoms with Gasteiger partial charge in [0.05, 0.1) is 5.69 Å². The van der Waals surface area contributed by atoms with Crippen LogP contribution in [0.3, 0.4) is 0 Å². The molecule has 0 amide bonds. The number of halogens is 1. The average molecular weight is 411 g/mol. The lowest BCUT2D eigenvalue weighted by molar-refractivity contribution is -0.0524. The molecule has 5 atom stereocenters. The highest BCUT2D eigenvalue weighted by Gasteiger charge is 2.56. The number of rotatable bonds is 3. The zero-order chi connectivity index (χ0) is 19.8. The fourth-order valence-electron chi connectivity index (χ4n) is 5.58. The summed E-state index contributed by atoms with van der Waals surface area (Å²) in [7, 11) is 0. The monoisotopic (exact) mass is 410 g/mol. The van der Waals surface area contributed by atoms with Crippen molar-refractivity contribution in [3.05, 3.63) is 60.2 Å². The first-order valence-electron chi connectivity index (χ1n) is 10.7. The Bertz CT molecular complexity index is 902. The number of benzene rings is 1. The highest BCUT2D eigenvalue weighted by Crippen LogP contribution is 2.56. The van der Waals surface area contributed by atoms with Gasteiger partial charge in [-0.05, 0) is 66.5 Å². The van der Waals surface area contributed by atoms with E-state index < -0.39 is 4.93 Å². The maximum Gasteiger partial charge on any atom is 0.134 e. The predicted molar refractivity (Wildman–Crippen MR) is 116 cm³/mol. The van der Waals surface area contributed by atoms with Crippen LogP contribution in [0.4, 0.5) is 4.39 Å². The molecule has 0 radical (unpaired) electrons. The van der Waals surface area contributed by atoms with Crippen LogP contribution in [0.2, 0.25) is 0 Å². The molecule has 3 fully saturated rings. The lowest BCUT2D eigenvalue weighted by Crippen LogP contribution is -2.50. The molecule has 2 aliphatic carbocycles. The number of aliphatic hydroxyl groups is 1. The third-order valence-electron chi connectivity index (χ3n) is 7.06. The minimum atomic E-state index is -0.712. The first kappa shape index (κ1) is 19.3. The van der Waals surface area contributed by atoms with Gasteiger partial charge in [0, 0.05) is 30.1 Å². The first-order chi connectivity index (χ1) is 14.1. The van der Waals surface area contributed by atoms with Crippen molar-refractivity contribution in [1.29, 1.82) is 0 Å². The molecule has 3 aliphatic rings. The molecule has 2 aromatic rings.